The second-order valence-corrected chi connectivity index (χ2v) is 6.42. The Hall–Kier alpha value is -2.08. The Bertz CT molecular complexity index is 701. The molecule has 5 nitrogen and oxygen atoms in total. The molecule has 0 aliphatic carbocycles. The highest BCUT2D eigenvalue weighted by Crippen LogP contribution is 2.20. The first-order valence-corrected chi connectivity index (χ1v) is 8.21. The number of hydrogen-bond acceptors (Lipinski definition) is 4. The van der Waals surface area contributed by atoms with E-state index in [0.29, 0.717) is 22.3 Å². The van der Waals surface area contributed by atoms with E-state index in [1.54, 1.807) is 51.1 Å². The standard InChI is InChI=1S/C17H18BrNO4/c1-17(2,3)23-16(21)19-10-9-13(14(19)11-18)15(20)22-12-7-5-4-6-8-12/h4-10H,11H2,1-3H3. The van der Waals surface area contributed by atoms with Crippen molar-refractivity contribution in [1.29, 1.82) is 0 Å². The van der Waals surface area contributed by atoms with Gasteiger partial charge in [-0.3, -0.25) is 4.57 Å². The molecule has 122 valence electrons. The highest BCUT2D eigenvalue weighted by Gasteiger charge is 2.24. The summed E-state index contributed by atoms with van der Waals surface area (Å²) in [6.07, 6.45) is 0.970. The maximum Gasteiger partial charge on any atom is 0.418 e. The average molecular weight is 380 g/mol. The van der Waals surface area contributed by atoms with Crippen LogP contribution in [0.3, 0.4) is 0 Å². The molecule has 2 rings (SSSR count). The number of benzene rings is 1. The van der Waals surface area contributed by atoms with Crippen LogP contribution < -0.4 is 4.74 Å². The molecule has 0 radical (unpaired) electrons. The van der Waals surface area contributed by atoms with E-state index < -0.39 is 17.7 Å². The molecule has 1 aromatic carbocycles. The summed E-state index contributed by atoms with van der Waals surface area (Å²) in [4.78, 5) is 24.5. The van der Waals surface area contributed by atoms with Crippen molar-refractivity contribution in [3.05, 3.63) is 53.9 Å². The van der Waals surface area contributed by atoms with E-state index in [1.165, 1.54) is 10.8 Å². The van der Waals surface area contributed by atoms with E-state index in [-0.39, 0.29) is 0 Å². The third-order valence-electron chi connectivity index (χ3n) is 2.88. The number of esters is 1. The Labute approximate surface area is 143 Å². The molecule has 0 spiro atoms. The molecule has 1 aromatic heterocycles. The predicted octanol–water partition coefficient (Wildman–Crippen LogP) is 4.39. The van der Waals surface area contributed by atoms with Gasteiger partial charge >= 0.3 is 12.1 Å². The maximum absolute atomic E-state index is 12.3. The second-order valence-electron chi connectivity index (χ2n) is 5.86. The minimum atomic E-state index is -0.615. The first-order valence-electron chi connectivity index (χ1n) is 7.08. The monoisotopic (exact) mass is 379 g/mol. The second kappa shape index (κ2) is 7.00. The Balaban J connectivity index is 2.24. The lowest BCUT2D eigenvalue weighted by Gasteiger charge is -2.20. The van der Waals surface area contributed by atoms with Gasteiger partial charge in [0, 0.05) is 11.5 Å². The quantitative estimate of drug-likeness (QED) is 0.450. The predicted molar refractivity (Wildman–Crippen MR) is 90.1 cm³/mol. The lowest BCUT2D eigenvalue weighted by molar-refractivity contribution is 0.0534. The van der Waals surface area contributed by atoms with Crippen LogP contribution in [-0.2, 0) is 10.1 Å². The van der Waals surface area contributed by atoms with Crippen LogP contribution in [0.2, 0.25) is 0 Å². The van der Waals surface area contributed by atoms with E-state index in [0.717, 1.165) is 0 Å². The van der Waals surface area contributed by atoms with Crippen molar-refractivity contribution in [3.63, 3.8) is 0 Å². The largest absolute Gasteiger partial charge is 0.443 e. The van der Waals surface area contributed by atoms with Gasteiger partial charge in [0.15, 0.2) is 0 Å². The molecule has 2 aromatic rings. The van der Waals surface area contributed by atoms with Crippen LogP contribution >= 0.6 is 15.9 Å². The molecule has 0 atom stereocenters. The highest BCUT2D eigenvalue weighted by molar-refractivity contribution is 9.08. The summed E-state index contributed by atoms with van der Waals surface area (Å²) in [6.45, 7) is 5.35. The number of alkyl halides is 1. The molecule has 0 unspecified atom stereocenters. The fraction of sp³-hybridized carbons (Fsp3) is 0.294. The number of nitrogens with zero attached hydrogens (tertiary/aromatic N) is 1. The molecule has 0 fully saturated rings. The van der Waals surface area contributed by atoms with E-state index in [2.05, 4.69) is 15.9 Å². The zero-order valence-corrected chi connectivity index (χ0v) is 14.8. The van der Waals surface area contributed by atoms with Gasteiger partial charge in [-0.2, -0.15) is 0 Å². The van der Waals surface area contributed by atoms with Gasteiger partial charge in [0.05, 0.1) is 11.3 Å². The molecule has 0 saturated carbocycles. The van der Waals surface area contributed by atoms with Gasteiger partial charge in [-0.1, -0.05) is 34.1 Å². The number of ether oxygens (including phenoxy) is 2. The molecule has 0 aliphatic rings. The van der Waals surface area contributed by atoms with Crippen molar-refractivity contribution >= 4 is 28.0 Å². The number of rotatable bonds is 3. The van der Waals surface area contributed by atoms with Crippen molar-refractivity contribution in [1.82, 2.24) is 4.57 Å². The molecule has 0 bridgehead atoms. The zero-order valence-electron chi connectivity index (χ0n) is 13.2. The first-order chi connectivity index (χ1) is 10.8. The van der Waals surface area contributed by atoms with Gasteiger partial charge in [0.25, 0.3) is 0 Å². The van der Waals surface area contributed by atoms with E-state index >= 15 is 0 Å². The Morgan fingerprint density at radius 3 is 2.35 bits per heavy atom. The Morgan fingerprint density at radius 2 is 1.78 bits per heavy atom. The smallest absolute Gasteiger partial charge is 0.418 e. The summed E-state index contributed by atoms with van der Waals surface area (Å²) in [5, 5.41) is 0.318. The van der Waals surface area contributed by atoms with Gasteiger partial charge in [-0.15, -0.1) is 0 Å². The summed E-state index contributed by atoms with van der Waals surface area (Å²) >= 11 is 3.30. The van der Waals surface area contributed by atoms with Crippen LogP contribution in [0.1, 0.15) is 36.8 Å². The Kier molecular flexibility index (Phi) is 5.26. The van der Waals surface area contributed by atoms with E-state index in [1.807, 2.05) is 6.07 Å². The average Bonchev–Trinajstić information content (AvgIpc) is 2.90. The third-order valence-corrected chi connectivity index (χ3v) is 3.41. The molecule has 0 N–H and O–H groups in total. The van der Waals surface area contributed by atoms with Crippen molar-refractivity contribution in [2.45, 2.75) is 31.7 Å². The topological polar surface area (TPSA) is 57.5 Å². The molecular formula is C17H18BrNO4. The minimum absolute atomic E-state index is 0.316. The summed E-state index contributed by atoms with van der Waals surface area (Å²) in [5.41, 5.74) is 0.187. The molecule has 0 aliphatic heterocycles. The fourth-order valence-electron chi connectivity index (χ4n) is 1.92. The molecule has 23 heavy (non-hydrogen) atoms. The molecule has 0 saturated heterocycles. The molecule has 1 heterocycles. The van der Waals surface area contributed by atoms with Crippen LogP contribution in [0.25, 0.3) is 0 Å². The third kappa shape index (κ3) is 4.45. The van der Waals surface area contributed by atoms with Crippen LogP contribution in [0.4, 0.5) is 4.79 Å². The summed E-state index contributed by atoms with van der Waals surface area (Å²) < 4.78 is 11.9. The fourth-order valence-corrected chi connectivity index (χ4v) is 2.49. The summed E-state index contributed by atoms with van der Waals surface area (Å²) in [7, 11) is 0. The van der Waals surface area contributed by atoms with Crippen LogP contribution in [0.5, 0.6) is 5.75 Å². The van der Waals surface area contributed by atoms with Crippen molar-refractivity contribution in [2.75, 3.05) is 0 Å². The van der Waals surface area contributed by atoms with E-state index in [9.17, 15) is 9.59 Å². The van der Waals surface area contributed by atoms with Crippen LogP contribution in [0.15, 0.2) is 42.6 Å². The van der Waals surface area contributed by atoms with Crippen LogP contribution in [-0.4, -0.2) is 22.2 Å². The Morgan fingerprint density at radius 1 is 1.13 bits per heavy atom. The van der Waals surface area contributed by atoms with Crippen LogP contribution in [0, 0.1) is 0 Å². The number of para-hydroxylation sites is 1. The maximum atomic E-state index is 12.3. The zero-order chi connectivity index (χ0) is 17.0. The number of hydrogen-bond donors (Lipinski definition) is 0. The van der Waals surface area contributed by atoms with Gasteiger partial charge in [0.1, 0.15) is 11.4 Å². The summed E-state index contributed by atoms with van der Waals surface area (Å²) in [6, 6.07) is 10.3. The normalized spacial score (nSPS) is 11.1. The van der Waals surface area contributed by atoms with Gasteiger partial charge in [-0.05, 0) is 39.0 Å². The number of carbonyl (C=O) groups excluding carboxylic acids is 2. The molecular weight excluding hydrogens is 362 g/mol. The molecule has 0 amide bonds. The SMILES string of the molecule is CC(C)(C)OC(=O)n1ccc(C(=O)Oc2ccccc2)c1CBr. The lowest BCUT2D eigenvalue weighted by Crippen LogP contribution is -2.28. The van der Waals surface area contributed by atoms with Crippen molar-refractivity contribution in [3.8, 4) is 5.75 Å². The van der Waals surface area contributed by atoms with Gasteiger partial charge in [-0.25, -0.2) is 9.59 Å². The number of carbonyl (C=O) groups is 2. The summed E-state index contributed by atoms with van der Waals surface area (Å²) in [5.74, 6) is -0.0731. The van der Waals surface area contributed by atoms with Gasteiger partial charge in [0.2, 0.25) is 0 Å². The van der Waals surface area contributed by atoms with Crippen molar-refractivity contribution < 1.29 is 19.1 Å². The van der Waals surface area contributed by atoms with Crippen molar-refractivity contribution in [2.24, 2.45) is 0 Å². The number of halogens is 1. The highest BCUT2D eigenvalue weighted by atomic mass is 79.9. The lowest BCUT2D eigenvalue weighted by atomic mass is 10.2. The van der Waals surface area contributed by atoms with E-state index in [4.69, 9.17) is 9.47 Å². The molecule has 6 heteroatoms. The minimum Gasteiger partial charge on any atom is -0.443 e. The number of aromatic nitrogens is 1. The first kappa shape index (κ1) is 17.3. The van der Waals surface area contributed by atoms with Gasteiger partial charge < -0.3 is 9.47 Å².